The number of alkyl halides is 3. The molecular formula is C18H21F3N4O3S. The molecule has 2 aliphatic heterocycles. The SMILES string of the molecule is CN1C(=O)CCC12CCCN(c1ncnc3ccsc13)CC2.O=C(O)C(F)(F)F. The minimum Gasteiger partial charge on any atom is -0.475 e. The van der Waals surface area contributed by atoms with Crippen LogP contribution in [0.1, 0.15) is 32.1 Å². The van der Waals surface area contributed by atoms with Crippen molar-refractivity contribution in [2.24, 2.45) is 0 Å². The van der Waals surface area contributed by atoms with Crippen molar-refractivity contribution in [1.82, 2.24) is 14.9 Å². The van der Waals surface area contributed by atoms with Gasteiger partial charge in [0, 0.05) is 32.1 Å². The van der Waals surface area contributed by atoms with E-state index in [1.807, 2.05) is 18.0 Å². The zero-order valence-corrected chi connectivity index (χ0v) is 16.6. The molecule has 2 aromatic heterocycles. The highest BCUT2D eigenvalue weighted by Gasteiger charge is 2.43. The number of carboxylic acids is 1. The molecular weight excluding hydrogens is 409 g/mol. The number of carbonyl (C=O) groups excluding carboxylic acids is 1. The number of likely N-dealkylation sites (tertiary alicyclic amines) is 1. The second kappa shape index (κ2) is 8.13. The van der Waals surface area contributed by atoms with Gasteiger partial charge in [-0.05, 0) is 37.1 Å². The summed E-state index contributed by atoms with van der Waals surface area (Å²) in [6.45, 7) is 1.97. The lowest BCUT2D eigenvalue weighted by Gasteiger charge is -2.35. The summed E-state index contributed by atoms with van der Waals surface area (Å²) in [7, 11) is 1.98. The minimum atomic E-state index is -5.08. The maximum atomic E-state index is 11.9. The normalized spacial score (nSPS) is 22.6. The molecule has 1 N–H and O–H groups in total. The van der Waals surface area contributed by atoms with Crippen LogP contribution in [-0.4, -0.2) is 63.7 Å². The number of hydrogen-bond donors (Lipinski definition) is 1. The van der Waals surface area contributed by atoms with Crippen molar-refractivity contribution in [3.05, 3.63) is 17.8 Å². The van der Waals surface area contributed by atoms with Gasteiger partial charge < -0.3 is 14.9 Å². The van der Waals surface area contributed by atoms with E-state index in [4.69, 9.17) is 9.90 Å². The molecule has 1 spiro atoms. The Labute approximate surface area is 169 Å². The van der Waals surface area contributed by atoms with Gasteiger partial charge in [0.25, 0.3) is 0 Å². The van der Waals surface area contributed by atoms with Crippen LogP contribution in [0.15, 0.2) is 17.8 Å². The molecule has 2 fully saturated rings. The topological polar surface area (TPSA) is 86.6 Å². The Morgan fingerprint density at radius 2 is 1.97 bits per heavy atom. The number of thiophene rings is 1. The van der Waals surface area contributed by atoms with Gasteiger partial charge in [0.15, 0.2) is 0 Å². The Kier molecular flexibility index (Phi) is 5.97. The van der Waals surface area contributed by atoms with Gasteiger partial charge in [0.1, 0.15) is 12.1 Å². The van der Waals surface area contributed by atoms with E-state index >= 15 is 0 Å². The summed E-state index contributed by atoms with van der Waals surface area (Å²) in [5.74, 6) is -1.40. The molecule has 29 heavy (non-hydrogen) atoms. The number of carboxylic acid groups (broad SMARTS) is 1. The number of anilines is 1. The van der Waals surface area contributed by atoms with Gasteiger partial charge in [-0.15, -0.1) is 11.3 Å². The van der Waals surface area contributed by atoms with Crippen molar-refractivity contribution in [2.75, 3.05) is 25.0 Å². The van der Waals surface area contributed by atoms with E-state index in [1.54, 1.807) is 17.7 Å². The first-order valence-electron chi connectivity index (χ1n) is 9.14. The molecule has 0 saturated carbocycles. The number of hydrogen-bond acceptors (Lipinski definition) is 6. The van der Waals surface area contributed by atoms with Gasteiger partial charge in [-0.25, -0.2) is 14.8 Å². The van der Waals surface area contributed by atoms with Gasteiger partial charge in [-0.2, -0.15) is 13.2 Å². The number of rotatable bonds is 1. The van der Waals surface area contributed by atoms with E-state index in [0.29, 0.717) is 12.3 Å². The molecule has 4 heterocycles. The molecule has 2 aromatic rings. The van der Waals surface area contributed by atoms with Crippen molar-refractivity contribution in [1.29, 1.82) is 0 Å². The fourth-order valence-electron chi connectivity index (χ4n) is 3.92. The van der Waals surface area contributed by atoms with Crippen LogP contribution in [-0.2, 0) is 9.59 Å². The largest absolute Gasteiger partial charge is 0.490 e. The Morgan fingerprint density at radius 1 is 1.24 bits per heavy atom. The Balaban J connectivity index is 0.000000298. The first-order chi connectivity index (χ1) is 13.6. The highest BCUT2D eigenvalue weighted by Crippen LogP contribution is 2.39. The van der Waals surface area contributed by atoms with Crippen LogP contribution in [0, 0.1) is 0 Å². The molecule has 1 amide bonds. The molecule has 1 unspecified atom stereocenters. The summed E-state index contributed by atoms with van der Waals surface area (Å²) in [5.41, 5.74) is 1.11. The summed E-state index contributed by atoms with van der Waals surface area (Å²) < 4.78 is 32.9. The van der Waals surface area contributed by atoms with E-state index in [9.17, 15) is 18.0 Å². The van der Waals surface area contributed by atoms with Crippen LogP contribution in [0.25, 0.3) is 10.2 Å². The van der Waals surface area contributed by atoms with E-state index in [1.165, 1.54) is 4.70 Å². The summed E-state index contributed by atoms with van der Waals surface area (Å²) >= 11 is 1.71. The first-order valence-corrected chi connectivity index (χ1v) is 10.0. The molecule has 4 rings (SSSR count). The first kappa shape index (κ1) is 21.3. The van der Waals surface area contributed by atoms with Gasteiger partial charge >= 0.3 is 12.1 Å². The third kappa shape index (κ3) is 4.44. The monoisotopic (exact) mass is 430 g/mol. The highest BCUT2D eigenvalue weighted by molar-refractivity contribution is 7.17. The van der Waals surface area contributed by atoms with Crippen LogP contribution in [0.5, 0.6) is 0 Å². The van der Waals surface area contributed by atoms with Crippen LogP contribution in [0.3, 0.4) is 0 Å². The van der Waals surface area contributed by atoms with Gasteiger partial charge in [-0.1, -0.05) is 0 Å². The number of aliphatic carboxylic acids is 1. The van der Waals surface area contributed by atoms with E-state index in [-0.39, 0.29) is 5.54 Å². The zero-order chi connectivity index (χ0) is 21.2. The summed E-state index contributed by atoms with van der Waals surface area (Å²) in [6, 6.07) is 2.05. The number of amides is 1. The fourth-order valence-corrected chi connectivity index (χ4v) is 4.78. The van der Waals surface area contributed by atoms with Crippen LogP contribution in [0.2, 0.25) is 0 Å². The molecule has 11 heteroatoms. The molecule has 0 aliphatic carbocycles. The maximum Gasteiger partial charge on any atom is 0.490 e. The maximum absolute atomic E-state index is 11.9. The quantitative estimate of drug-likeness (QED) is 0.747. The molecule has 0 bridgehead atoms. The lowest BCUT2D eigenvalue weighted by atomic mass is 9.88. The van der Waals surface area contributed by atoms with Gasteiger partial charge in [-0.3, -0.25) is 4.79 Å². The molecule has 7 nitrogen and oxygen atoms in total. The Hall–Kier alpha value is -2.43. The smallest absolute Gasteiger partial charge is 0.475 e. The Morgan fingerprint density at radius 3 is 2.59 bits per heavy atom. The minimum absolute atomic E-state index is 0.0768. The van der Waals surface area contributed by atoms with Crippen LogP contribution in [0.4, 0.5) is 19.0 Å². The highest BCUT2D eigenvalue weighted by atomic mass is 32.1. The number of fused-ring (bicyclic) bond motifs is 1. The molecule has 158 valence electrons. The van der Waals surface area contributed by atoms with Crippen molar-refractivity contribution < 1.29 is 27.9 Å². The van der Waals surface area contributed by atoms with Crippen molar-refractivity contribution in [3.63, 3.8) is 0 Å². The molecule has 0 aromatic carbocycles. The predicted molar refractivity (Wildman–Crippen MR) is 102 cm³/mol. The predicted octanol–water partition coefficient (Wildman–Crippen LogP) is 3.31. The molecule has 2 saturated heterocycles. The average molecular weight is 430 g/mol. The number of halogens is 3. The summed E-state index contributed by atoms with van der Waals surface area (Å²) in [6.07, 6.45) is 1.54. The molecule has 1 atom stereocenters. The second-order valence-corrected chi connectivity index (χ2v) is 8.07. The van der Waals surface area contributed by atoms with Gasteiger partial charge in [0.05, 0.1) is 10.2 Å². The Bertz CT molecular complexity index is 904. The van der Waals surface area contributed by atoms with E-state index < -0.39 is 12.1 Å². The van der Waals surface area contributed by atoms with Crippen molar-refractivity contribution in [3.8, 4) is 0 Å². The van der Waals surface area contributed by atoms with E-state index in [2.05, 4.69) is 20.2 Å². The van der Waals surface area contributed by atoms with Crippen LogP contribution < -0.4 is 4.90 Å². The molecule has 0 radical (unpaired) electrons. The van der Waals surface area contributed by atoms with Crippen molar-refractivity contribution in [2.45, 2.75) is 43.8 Å². The third-order valence-corrected chi connectivity index (χ3v) is 6.47. The lowest BCUT2D eigenvalue weighted by Crippen LogP contribution is -2.43. The number of nitrogens with zero attached hydrogens (tertiary/aromatic N) is 4. The summed E-state index contributed by atoms with van der Waals surface area (Å²) in [5, 5.41) is 9.20. The zero-order valence-electron chi connectivity index (χ0n) is 15.8. The second-order valence-electron chi connectivity index (χ2n) is 7.15. The van der Waals surface area contributed by atoms with E-state index in [0.717, 1.165) is 50.1 Å². The van der Waals surface area contributed by atoms with Crippen molar-refractivity contribution >= 4 is 39.2 Å². The standard InChI is InChI=1S/C16H20N4OS.C2HF3O2/c1-19-13(21)3-6-16(19)5-2-8-20(9-7-16)15-14-12(4-10-22-14)17-11-18-15;3-2(4,5)1(6)7/h4,10-11H,2-3,5-9H2,1H3;(H,6,7). The fraction of sp³-hybridized carbons (Fsp3) is 0.556. The molecule has 2 aliphatic rings. The number of aromatic nitrogens is 2. The number of carbonyl (C=O) groups is 2. The van der Waals surface area contributed by atoms with Crippen LogP contribution >= 0.6 is 11.3 Å². The van der Waals surface area contributed by atoms with Gasteiger partial charge in [0.2, 0.25) is 5.91 Å². The average Bonchev–Trinajstić information content (AvgIpc) is 3.17. The lowest BCUT2D eigenvalue weighted by molar-refractivity contribution is -0.192. The summed E-state index contributed by atoms with van der Waals surface area (Å²) in [4.78, 5) is 34.1. The third-order valence-electron chi connectivity index (χ3n) is 5.57.